The number of nitrogens with zero attached hydrogens (tertiary/aromatic N) is 1. The molecule has 1 aliphatic heterocycles. The van der Waals surface area contributed by atoms with E-state index >= 15 is 0 Å². The molecule has 2 rings (SSSR count). The summed E-state index contributed by atoms with van der Waals surface area (Å²) in [4.78, 5) is 11.3. The molecule has 116 valence electrons. The molecule has 1 aromatic carbocycles. The van der Waals surface area contributed by atoms with Gasteiger partial charge in [0.1, 0.15) is 10.9 Å². The number of nitrogens with one attached hydrogen (secondary N) is 1. The summed E-state index contributed by atoms with van der Waals surface area (Å²) in [5, 5.41) is 2.60. The van der Waals surface area contributed by atoms with Crippen LogP contribution in [0.25, 0.3) is 0 Å². The lowest BCUT2D eigenvalue weighted by Gasteiger charge is -2.33. The Morgan fingerprint density at radius 1 is 1.52 bits per heavy atom. The van der Waals surface area contributed by atoms with Crippen LogP contribution >= 0.6 is 15.9 Å². The van der Waals surface area contributed by atoms with Gasteiger partial charge in [-0.05, 0) is 34.5 Å². The number of benzene rings is 1. The lowest BCUT2D eigenvalue weighted by atomic mass is 10.2. The number of carbonyl (C=O) groups excluding carboxylic acids is 1. The number of rotatable bonds is 3. The van der Waals surface area contributed by atoms with Crippen LogP contribution in [0.15, 0.2) is 21.5 Å². The molecule has 0 aromatic heterocycles. The fraction of sp³-hybridized carbons (Fsp3) is 0.417. The van der Waals surface area contributed by atoms with E-state index in [9.17, 15) is 17.6 Å². The minimum absolute atomic E-state index is 0.0319. The van der Waals surface area contributed by atoms with E-state index in [1.165, 1.54) is 6.07 Å². The highest BCUT2D eigenvalue weighted by Crippen LogP contribution is 2.30. The molecule has 0 spiro atoms. The summed E-state index contributed by atoms with van der Waals surface area (Å²) in [7, 11) is -4.14. The predicted octanol–water partition coefficient (Wildman–Crippen LogP) is 1.07. The summed E-state index contributed by atoms with van der Waals surface area (Å²) in [6, 6.07) is 1.51. The highest BCUT2D eigenvalue weighted by molar-refractivity contribution is 9.10. The molecule has 1 unspecified atom stereocenters. The third-order valence-corrected chi connectivity index (χ3v) is 5.76. The molecular weight excluding hydrogens is 365 g/mol. The summed E-state index contributed by atoms with van der Waals surface area (Å²) in [5.74, 6) is -1.29. The number of piperazine rings is 1. The summed E-state index contributed by atoms with van der Waals surface area (Å²) >= 11 is 2.94. The van der Waals surface area contributed by atoms with E-state index in [1.54, 1.807) is 6.92 Å². The number of carbonyl (C=O) groups is 1. The third kappa shape index (κ3) is 2.90. The van der Waals surface area contributed by atoms with Gasteiger partial charge in [0.15, 0.2) is 5.82 Å². The van der Waals surface area contributed by atoms with Gasteiger partial charge in [-0.25, -0.2) is 12.8 Å². The Morgan fingerprint density at radius 3 is 2.81 bits per heavy atom. The number of amides is 1. The Labute approximate surface area is 130 Å². The number of nitrogen functional groups attached to an aromatic ring is 1. The highest BCUT2D eigenvalue weighted by atomic mass is 79.9. The summed E-state index contributed by atoms with van der Waals surface area (Å²) in [6.45, 7) is 1.99. The Morgan fingerprint density at radius 2 is 2.19 bits per heavy atom. The summed E-state index contributed by atoms with van der Waals surface area (Å²) in [6.07, 6.45) is 0.302. The SMILES string of the molecule is CCC1C(=O)NCCN1S(=O)(=O)c1cc(N)cc(Br)c1F. The minimum Gasteiger partial charge on any atom is -0.399 e. The highest BCUT2D eigenvalue weighted by Gasteiger charge is 2.39. The minimum atomic E-state index is -4.14. The lowest BCUT2D eigenvalue weighted by molar-refractivity contribution is -0.126. The van der Waals surface area contributed by atoms with E-state index in [1.807, 2.05) is 0 Å². The maximum atomic E-state index is 14.2. The monoisotopic (exact) mass is 379 g/mol. The standard InChI is InChI=1S/C12H15BrFN3O3S/c1-2-9-12(18)16-3-4-17(9)21(19,20)10-6-7(15)5-8(13)11(10)14/h5-6,9H,2-4,15H2,1H3,(H,16,18). The van der Waals surface area contributed by atoms with Gasteiger partial charge in [-0.1, -0.05) is 6.92 Å². The van der Waals surface area contributed by atoms with Gasteiger partial charge in [0.05, 0.1) is 4.47 Å². The van der Waals surface area contributed by atoms with Crippen molar-refractivity contribution in [1.29, 1.82) is 0 Å². The summed E-state index contributed by atoms with van der Waals surface area (Å²) < 4.78 is 40.5. The van der Waals surface area contributed by atoms with Crippen LogP contribution < -0.4 is 11.1 Å². The molecule has 1 aliphatic rings. The molecule has 0 radical (unpaired) electrons. The Kier molecular flexibility index (Phi) is 4.54. The van der Waals surface area contributed by atoms with Crippen LogP contribution in [0.3, 0.4) is 0 Å². The first-order chi connectivity index (χ1) is 9.78. The zero-order valence-electron chi connectivity index (χ0n) is 11.3. The number of sulfonamides is 1. The zero-order valence-corrected chi connectivity index (χ0v) is 13.7. The van der Waals surface area contributed by atoms with E-state index in [0.717, 1.165) is 10.4 Å². The van der Waals surface area contributed by atoms with E-state index in [4.69, 9.17) is 5.73 Å². The molecule has 0 saturated carbocycles. The van der Waals surface area contributed by atoms with Crippen molar-refractivity contribution in [2.24, 2.45) is 0 Å². The molecule has 1 amide bonds. The second-order valence-electron chi connectivity index (χ2n) is 4.65. The maximum absolute atomic E-state index is 14.2. The quantitative estimate of drug-likeness (QED) is 0.768. The van der Waals surface area contributed by atoms with E-state index in [0.29, 0.717) is 6.42 Å². The number of anilines is 1. The molecule has 1 atom stereocenters. The van der Waals surface area contributed by atoms with Gasteiger partial charge < -0.3 is 11.1 Å². The fourth-order valence-electron chi connectivity index (χ4n) is 2.27. The number of halogens is 2. The largest absolute Gasteiger partial charge is 0.399 e. The van der Waals surface area contributed by atoms with Gasteiger partial charge in [-0.15, -0.1) is 0 Å². The van der Waals surface area contributed by atoms with Crippen LogP contribution in [0.1, 0.15) is 13.3 Å². The smallest absolute Gasteiger partial charge is 0.246 e. The number of hydrogen-bond donors (Lipinski definition) is 2. The van der Waals surface area contributed by atoms with Crippen LogP contribution in [0, 0.1) is 5.82 Å². The average Bonchev–Trinajstić information content (AvgIpc) is 2.42. The van der Waals surface area contributed by atoms with E-state index in [2.05, 4.69) is 21.2 Å². The Balaban J connectivity index is 2.54. The predicted molar refractivity (Wildman–Crippen MR) is 79.5 cm³/mol. The molecule has 1 aromatic rings. The second kappa shape index (κ2) is 5.90. The van der Waals surface area contributed by atoms with Crippen LogP contribution in [0.2, 0.25) is 0 Å². The van der Waals surface area contributed by atoms with Crippen LogP contribution in [-0.4, -0.2) is 37.8 Å². The van der Waals surface area contributed by atoms with Crippen molar-refractivity contribution in [1.82, 2.24) is 9.62 Å². The molecule has 1 heterocycles. The molecule has 21 heavy (non-hydrogen) atoms. The van der Waals surface area contributed by atoms with Gasteiger partial charge in [0, 0.05) is 18.8 Å². The van der Waals surface area contributed by atoms with Crippen molar-refractivity contribution in [3.63, 3.8) is 0 Å². The van der Waals surface area contributed by atoms with Gasteiger partial charge in [0.25, 0.3) is 0 Å². The van der Waals surface area contributed by atoms with Gasteiger partial charge in [0.2, 0.25) is 15.9 Å². The zero-order chi connectivity index (χ0) is 15.8. The molecular formula is C12H15BrFN3O3S. The summed E-state index contributed by atoms with van der Waals surface area (Å²) in [5.41, 5.74) is 5.71. The normalized spacial score (nSPS) is 20.3. The van der Waals surface area contributed by atoms with Crippen molar-refractivity contribution < 1.29 is 17.6 Å². The van der Waals surface area contributed by atoms with Crippen molar-refractivity contribution >= 4 is 37.5 Å². The Bertz CT molecular complexity index is 681. The lowest BCUT2D eigenvalue weighted by Crippen LogP contribution is -2.56. The number of hydrogen-bond acceptors (Lipinski definition) is 4. The van der Waals surface area contributed by atoms with Gasteiger partial charge in [-0.3, -0.25) is 4.79 Å². The van der Waals surface area contributed by atoms with Crippen molar-refractivity contribution in [3.05, 3.63) is 22.4 Å². The number of nitrogens with two attached hydrogens (primary N) is 1. The molecule has 3 N–H and O–H groups in total. The van der Waals surface area contributed by atoms with E-state index in [-0.39, 0.29) is 29.2 Å². The third-order valence-electron chi connectivity index (χ3n) is 3.27. The van der Waals surface area contributed by atoms with Crippen molar-refractivity contribution in [2.45, 2.75) is 24.3 Å². The van der Waals surface area contributed by atoms with E-state index < -0.39 is 26.8 Å². The van der Waals surface area contributed by atoms with Gasteiger partial charge >= 0.3 is 0 Å². The Hall–Kier alpha value is -1.19. The molecule has 6 nitrogen and oxygen atoms in total. The maximum Gasteiger partial charge on any atom is 0.246 e. The van der Waals surface area contributed by atoms with Crippen molar-refractivity contribution in [3.8, 4) is 0 Å². The first kappa shape index (κ1) is 16.2. The van der Waals surface area contributed by atoms with Crippen LogP contribution in [-0.2, 0) is 14.8 Å². The van der Waals surface area contributed by atoms with Crippen LogP contribution in [0.4, 0.5) is 10.1 Å². The average molecular weight is 380 g/mol. The van der Waals surface area contributed by atoms with Gasteiger partial charge in [-0.2, -0.15) is 4.31 Å². The molecule has 1 saturated heterocycles. The van der Waals surface area contributed by atoms with Crippen LogP contribution in [0.5, 0.6) is 0 Å². The second-order valence-corrected chi connectivity index (χ2v) is 7.36. The first-order valence-electron chi connectivity index (χ1n) is 6.33. The molecule has 9 heteroatoms. The first-order valence-corrected chi connectivity index (χ1v) is 8.56. The van der Waals surface area contributed by atoms with Crippen molar-refractivity contribution in [2.75, 3.05) is 18.8 Å². The molecule has 0 bridgehead atoms. The molecule has 1 fully saturated rings. The topological polar surface area (TPSA) is 92.5 Å². The molecule has 0 aliphatic carbocycles. The fourth-order valence-corrected chi connectivity index (χ4v) is 4.66.